The molecule has 0 aromatic heterocycles. The third-order valence-electron chi connectivity index (χ3n) is 8.58. The Morgan fingerprint density at radius 2 is 1.84 bits per heavy atom. The van der Waals surface area contributed by atoms with Gasteiger partial charge >= 0.3 is 0 Å². The minimum atomic E-state index is -0.658. The molecule has 4 nitrogen and oxygen atoms in total. The Labute approximate surface area is 149 Å². The predicted molar refractivity (Wildman–Crippen MR) is 93.7 cm³/mol. The molecule has 0 amide bonds. The van der Waals surface area contributed by atoms with E-state index in [4.69, 9.17) is 0 Å². The number of aliphatic hydroxyl groups is 2. The van der Waals surface area contributed by atoms with Gasteiger partial charge in [0.1, 0.15) is 5.78 Å². The van der Waals surface area contributed by atoms with Crippen molar-refractivity contribution in [3.05, 3.63) is 11.6 Å². The van der Waals surface area contributed by atoms with Crippen LogP contribution in [0.25, 0.3) is 0 Å². The maximum atomic E-state index is 12.2. The normalized spacial score (nSPS) is 52.0. The zero-order valence-corrected chi connectivity index (χ0v) is 15.5. The van der Waals surface area contributed by atoms with E-state index in [2.05, 4.69) is 13.8 Å². The summed E-state index contributed by atoms with van der Waals surface area (Å²) in [4.78, 5) is 24.1. The van der Waals surface area contributed by atoms with Gasteiger partial charge < -0.3 is 10.2 Å². The van der Waals surface area contributed by atoms with Crippen molar-refractivity contribution in [2.45, 2.75) is 71.5 Å². The molecule has 0 spiro atoms. The molecule has 0 aromatic rings. The molecule has 4 aliphatic carbocycles. The molecule has 0 aromatic carbocycles. The molecule has 4 rings (SSSR count). The first kappa shape index (κ1) is 17.4. The Bertz CT molecular complexity index is 652. The lowest BCUT2D eigenvalue weighted by Gasteiger charge is -2.60. The smallest absolute Gasteiger partial charge is 0.158 e. The first-order valence-corrected chi connectivity index (χ1v) is 9.80. The lowest BCUT2D eigenvalue weighted by atomic mass is 9.45. The maximum Gasteiger partial charge on any atom is 0.158 e. The van der Waals surface area contributed by atoms with Gasteiger partial charge in [0.05, 0.1) is 12.2 Å². The molecule has 2 unspecified atom stereocenters. The molecule has 3 saturated carbocycles. The highest BCUT2D eigenvalue weighted by Crippen LogP contribution is 2.66. The van der Waals surface area contributed by atoms with Crippen LogP contribution in [-0.2, 0) is 9.59 Å². The van der Waals surface area contributed by atoms with Gasteiger partial charge in [-0.3, -0.25) is 9.59 Å². The fourth-order valence-corrected chi connectivity index (χ4v) is 7.25. The predicted octanol–water partition coefficient (Wildman–Crippen LogP) is 2.67. The van der Waals surface area contributed by atoms with Crippen LogP contribution in [0.15, 0.2) is 11.6 Å². The van der Waals surface area contributed by atoms with E-state index in [0.717, 1.165) is 31.3 Å². The van der Waals surface area contributed by atoms with Crippen molar-refractivity contribution in [3.8, 4) is 0 Å². The summed E-state index contributed by atoms with van der Waals surface area (Å²) in [5.41, 5.74) is 0.503. The summed E-state index contributed by atoms with van der Waals surface area (Å²) in [6.07, 6.45) is 5.03. The van der Waals surface area contributed by atoms with Crippen molar-refractivity contribution in [1.82, 2.24) is 0 Å². The second-order valence-electron chi connectivity index (χ2n) is 9.49. The van der Waals surface area contributed by atoms with Crippen molar-refractivity contribution in [2.24, 2.45) is 34.5 Å². The van der Waals surface area contributed by atoms with Gasteiger partial charge in [0, 0.05) is 17.8 Å². The highest BCUT2D eigenvalue weighted by molar-refractivity contribution is 5.92. The molecule has 0 radical (unpaired) electrons. The molecule has 2 N–H and O–H groups in total. The molecule has 0 saturated heterocycles. The third-order valence-corrected chi connectivity index (χ3v) is 8.58. The minimum absolute atomic E-state index is 0.0243. The summed E-state index contributed by atoms with van der Waals surface area (Å²) in [6.45, 7) is 6.05. The molecular weight excluding hydrogens is 316 g/mol. The fraction of sp³-hybridized carbons (Fsp3) is 0.810. The highest BCUT2D eigenvalue weighted by atomic mass is 16.3. The van der Waals surface area contributed by atoms with E-state index in [1.807, 2.05) is 0 Å². The van der Waals surface area contributed by atoms with Crippen LogP contribution in [-0.4, -0.2) is 34.0 Å². The van der Waals surface area contributed by atoms with Crippen molar-refractivity contribution in [1.29, 1.82) is 0 Å². The number of fused-ring (bicyclic) bond motifs is 5. The van der Waals surface area contributed by atoms with Crippen molar-refractivity contribution < 1.29 is 19.8 Å². The quantitative estimate of drug-likeness (QED) is 0.765. The minimum Gasteiger partial charge on any atom is -0.392 e. The average Bonchev–Trinajstić information content (AvgIpc) is 2.87. The molecule has 3 fully saturated rings. The molecule has 4 heteroatoms. The van der Waals surface area contributed by atoms with E-state index < -0.39 is 17.6 Å². The molecule has 0 heterocycles. The Balaban J connectivity index is 1.75. The van der Waals surface area contributed by atoms with Crippen LogP contribution in [0.3, 0.4) is 0 Å². The largest absolute Gasteiger partial charge is 0.392 e. The summed E-state index contributed by atoms with van der Waals surface area (Å²) in [5, 5.41) is 21.8. The van der Waals surface area contributed by atoms with Crippen LogP contribution in [0.4, 0.5) is 0 Å². The highest BCUT2D eigenvalue weighted by Gasteiger charge is 2.63. The van der Waals surface area contributed by atoms with Gasteiger partial charge in [0.2, 0.25) is 0 Å². The summed E-state index contributed by atoms with van der Waals surface area (Å²) in [5.74, 6) is 1.00. The number of rotatable bonds is 1. The Morgan fingerprint density at radius 1 is 1.12 bits per heavy atom. The number of hydrogen-bond donors (Lipinski definition) is 2. The first-order valence-electron chi connectivity index (χ1n) is 9.80. The van der Waals surface area contributed by atoms with Crippen LogP contribution < -0.4 is 0 Å². The number of ketones is 2. The fourth-order valence-electron chi connectivity index (χ4n) is 7.25. The second-order valence-corrected chi connectivity index (χ2v) is 9.49. The maximum absolute atomic E-state index is 12.2. The molecular formula is C21H30O4. The lowest BCUT2D eigenvalue weighted by molar-refractivity contribution is -0.149. The summed E-state index contributed by atoms with van der Waals surface area (Å²) in [7, 11) is 0. The van der Waals surface area contributed by atoms with Crippen molar-refractivity contribution in [3.63, 3.8) is 0 Å². The standard InChI is InChI=1S/C21H30O4/c1-11(22)14-4-5-15-19-16(6-7-20(14,15)2)21(3)12(9-17(19)24)8-13(23)10-18(21)25/h8,14-19,24-25H,4-7,9-10H2,1-3H3/t14-,15+,16+,17?,18?,19+,20-,21+/m1/s1. The third kappa shape index (κ3) is 2.19. The number of hydrogen-bond acceptors (Lipinski definition) is 4. The van der Waals surface area contributed by atoms with Gasteiger partial charge in [0.25, 0.3) is 0 Å². The van der Waals surface area contributed by atoms with Crippen LogP contribution in [0.5, 0.6) is 0 Å². The topological polar surface area (TPSA) is 74.6 Å². The molecule has 4 aliphatic rings. The van der Waals surface area contributed by atoms with E-state index >= 15 is 0 Å². The van der Waals surface area contributed by atoms with Crippen LogP contribution in [0.1, 0.15) is 59.3 Å². The van der Waals surface area contributed by atoms with Gasteiger partial charge in [-0.25, -0.2) is 0 Å². The van der Waals surface area contributed by atoms with E-state index in [0.29, 0.717) is 12.3 Å². The number of Topliss-reactive ketones (excluding diaryl/α,β-unsaturated/α-hetero) is 1. The molecule has 0 aliphatic heterocycles. The average molecular weight is 346 g/mol. The van der Waals surface area contributed by atoms with E-state index in [-0.39, 0.29) is 41.2 Å². The summed E-state index contributed by atoms with van der Waals surface area (Å²) < 4.78 is 0. The summed E-state index contributed by atoms with van der Waals surface area (Å²) in [6, 6.07) is 0. The van der Waals surface area contributed by atoms with Gasteiger partial charge in [-0.15, -0.1) is 0 Å². The van der Waals surface area contributed by atoms with E-state index in [9.17, 15) is 19.8 Å². The zero-order chi connectivity index (χ0) is 18.1. The van der Waals surface area contributed by atoms with Gasteiger partial charge in [-0.05, 0) is 68.3 Å². The number of aliphatic hydroxyl groups excluding tert-OH is 2. The van der Waals surface area contributed by atoms with Crippen LogP contribution in [0.2, 0.25) is 0 Å². The Hall–Kier alpha value is -1.00. The Morgan fingerprint density at radius 3 is 2.52 bits per heavy atom. The van der Waals surface area contributed by atoms with E-state index in [1.165, 1.54) is 0 Å². The second kappa shape index (κ2) is 5.50. The van der Waals surface area contributed by atoms with Crippen LogP contribution in [0, 0.1) is 34.5 Å². The van der Waals surface area contributed by atoms with Gasteiger partial charge in [0.15, 0.2) is 5.78 Å². The Kier molecular flexibility index (Phi) is 3.83. The molecule has 138 valence electrons. The van der Waals surface area contributed by atoms with Crippen LogP contribution >= 0.6 is 0 Å². The molecule has 25 heavy (non-hydrogen) atoms. The molecule has 0 bridgehead atoms. The van der Waals surface area contributed by atoms with Gasteiger partial charge in [-0.1, -0.05) is 19.4 Å². The van der Waals surface area contributed by atoms with Crippen molar-refractivity contribution in [2.75, 3.05) is 0 Å². The lowest BCUT2D eigenvalue weighted by Crippen LogP contribution is -2.59. The van der Waals surface area contributed by atoms with E-state index in [1.54, 1.807) is 13.0 Å². The monoisotopic (exact) mass is 346 g/mol. The SMILES string of the molecule is CC(=O)[C@H]1CC[C@H]2[C@@H]3C(O)CC4=CC(=O)CC(O)[C@]4(C)[C@H]3CC[C@]12C. The number of carbonyl (C=O) groups excluding carboxylic acids is 2. The first-order chi connectivity index (χ1) is 11.7. The number of carbonyl (C=O) groups is 2. The van der Waals surface area contributed by atoms with Crippen molar-refractivity contribution >= 4 is 11.6 Å². The van der Waals surface area contributed by atoms with Gasteiger partial charge in [-0.2, -0.15) is 0 Å². The summed E-state index contributed by atoms with van der Waals surface area (Å²) >= 11 is 0. The zero-order valence-electron chi connectivity index (χ0n) is 15.5. The molecule has 8 atom stereocenters.